The van der Waals surface area contributed by atoms with Crippen LogP contribution in [0.4, 0.5) is 5.13 Å². The molecule has 1 amide bonds. The zero-order chi connectivity index (χ0) is 24.9. The van der Waals surface area contributed by atoms with Gasteiger partial charge in [-0.15, -0.1) is 0 Å². The second kappa shape index (κ2) is 10.8. The monoisotopic (exact) mass is 538 g/mol. The van der Waals surface area contributed by atoms with E-state index in [-0.39, 0.29) is 17.3 Å². The predicted octanol–water partition coefficient (Wildman–Crippen LogP) is 4.38. The molecule has 0 fully saturated rings. The molecule has 0 radical (unpaired) electrons. The number of rotatable bonds is 8. The second-order valence-electron chi connectivity index (χ2n) is 6.73. The minimum atomic E-state index is -3.61. The molecule has 2 aromatic carbocycles. The van der Waals surface area contributed by atoms with Crippen LogP contribution >= 0.6 is 34.7 Å². The molecule has 0 aliphatic heterocycles. The van der Waals surface area contributed by atoms with Gasteiger partial charge in [-0.2, -0.15) is 14.6 Å². The van der Waals surface area contributed by atoms with Crippen LogP contribution in [0.15, 0.2) is 47.1 Å². The summed E-state index contributed by atoms with van der Waals surface area (Å²) < 4.78 is 37.8. The van der Waals surface area contributed by atoms with Crippen LogP contribution in [0.1, 0.15) is 11.1 Å². The summed E-state index contributed by atoms with van der Waals surface area (Å²) in [5.74, 6) is 0.0573. The second-order valence-corrected chi connectivity index (χ2v) is 10.2. The van der Waals surface area contributed by atoms with E-state index >= 15 is 0 Å². The highest BCUT2D eigenvalue weighted by atomic mass is 35.5. The van der Waals surface area contributed by atoms with Crippen molar-refractivity contribution in [1.82, 2.24) is 9.36 Å². The molecule has 0 spiro atoms. The molecule has 0 atom stereocenters. The summed E-state index contributed by atoms with van der Waals surface area (Å²) in [6.07, 6.45) is 2.30. The van der Waals surface area contributed by atoms with Crippen molar-refractivity contribution in [2.75, 3.05) is 18.7 Å². The third-order valence-corrected chi connectivity index (χ3v) is 6.53. The van der Waals surface area contributed by atoms with Gasteiger partial charge in [0.2, 0.25) is 15.0 Å². The highest BCUT2D eigenvalue weighted by Crippen LogP contribution is 2.30. The summed E-state index contributed by atoms with van der Waals surface area (Å²) in [4.78, 5) is 16.2. The fourth-order valence-electron chi connectivity index (χ4n) is 2.57. The molecule has 1 aromatic heterocycles. The van der Waals surface area contributed by atoms with E-state index in [2.05, 4.69) is 14.7 Å². The predicted molar refractivity (Wildman–Crippen MR) is 129 cm³/mol. The van der Waals surface area contributed by atoms with E-state index in [1.54, 1.807) is 36.4 Å². The number of aromatic nitrogens is 2. The molecule has 0 bridgehead atoms. The zero-order valence-electron chi connectivity index (χ0n) is 17.7. The number of benzene rings is 2. The molecule has 3 aromatic rings. The van der Waals surface area contributed by atoms with Crippen molar-refractivity contribution >= 4 is 61.7 Å². The lowest BCUT2D eigenvalue weighted by Crippen LogP contribution is -2.13. The van der Waals surface area contributed by atoms with Crippen LogP contribution in [0.2, 0.25) is 10.0 Å². The van der Waals surface area contributed by atoms with Gasteiger partial charge in [-0.1, -0.05) is 35.3 Å². The Hall–Kier alpha value is -3.17. The topological polar surface area (TPSA) is 131 Å². The molecule has 0 saturated heterocycles. The first-order chi connectivity index (χ1) is 16.1. The van der Waals surface area contributed by atoms with Crippen LogP contribution < -0.4 is 14.8 Å². The van der Waals surface area contributed by atoms with Crippen molar-refractivity contribution in [2.45, 2.75) is 11.8 Å². The molecule has 3 rings (SSSR count). The fraction of sp³-hybridized carbons (Fsp3) is 0.143. The highest BCUT2D eigenvalue weighted by molar-refractivity contribution is 7.90. The molecule has 176 valence electrons. The van der Waals surface area contributed by atoms with Crippen LogP contribution in [0.3, 0.4) is 0 Å². The number of methoxy groups -OCH3 is 1. The Kier molecular flexibility index (Phi) is 8.11. The van der Waals surface area contributed by atoms with E-state index in [9.17, 15) is 18.5 Å². The molecular weight excluding hydrogens is 523 g/mol. The number of nitrogens with one attached hydrogen (secondary N) is 1. The molecule has 13 heteroatoms. The van der Waals surface area contributed by atoms with E-state index in [0.717, 1.165) is 11.8 Å². The van der Waals surface area contributed by atoms with E-state index < -0.39 is 20.9 Å². The van der Waals surface area contributed by atoms with Crippen LogP contribution in [0, 0.1) is 11.3 Å². The molecule has 0 saturated carbocycles. The Bertz CT molecular complexity index is 1410. The third kappa shape index (κ3) is 6.45. The van der Waals surface area contributed by atoms with Gasteiger partial charge in [0.05, 0.1) is 17.2 Å². The minimum Gasteiger partial charge on any atom is -0.493 e. The Balaban J connectivity index is 1.75. The summed E-state index contributed by atoms with van der Waals surface area (Å²) in [5, 5.41) is 12.2. The maximum atomic E-state index is 12.5. The lowest BCUT2D eigenvalue weighted by atomic mass is 10.1. The van der Waals surface area contributed by atoms with Crippen LogP contribution in [-0.4, -0.2) is 37.0 Å². The fourth-order valence-corrected chi connectivity index (χ4v) is 4.33. The normalized spacial score (nSPS) is 11.6. The van der Waals surface area contributed by atoms with Gasteiger partial charge in [-0.25, -0.2) is 8.42 Å². The maximum absolute atomic E-state index is 12.5. The number of amides is 1. The first kappa shape index (κ1) is 25.5. The van der Waals surface area contributed by atoms with Crippen LogP contribution in [-0.2, 0) is 21.2 Å². The number of carbonyl (C=O) groups is 1. The third-order valence-electron chi connectivity index (χ3n) is 4.20. The van der Waals surface area contributed by atoms with Gasteiger partial charge in [0.15, 0.2) is 11.5 Å². The van der Waals surface area contributed by atoms with Crippen molar-refractivity contribution in [2.24, 2.45) is 0 Å². The summed E-state index contributed by atoms with van der Waals surface area (Å²) >= 11 is 12.6. The summed E-state index contributed by atoms with van der Waals surface area (Å²) in [7, 11) is -2.15. The van der Waals surface area contributed by atoms with Crippen molar-refractivity contribution < 1.29 is 22.7 Å². The number of hydrogen-bond acceptors (Lipinski definition) is 9. The smallest absolute Gasteiger partial charge is 0.268 e. The molecule has 0 unspecified atom stereocenters. The quantitative estimate of drug-likeness (QED) is 0.330. The summed E-state index contributed by atoms with van der Waals surface area (Å²) in [6, 6.07) is 11.8. The van der Waals surface area contributed by atoms with Crippen LogP contribution in [0.25, 0.3) is 6.08 Å². The van der Waals surface area contributed by atoms with E-state index in [4.69, 9.17) is 32.7 Å². The largest absolute Gasteiger partial charge is 0.493 e. The first-order valence-electron chi connectivity index (χ1n) is 9.32. The van der Waals surface area contributed by atoms with Gasteiger partial charge >= 0.3 is 0 Å². The number of anilines is 1. The molecule has 0 aliphatic rings. The average Bonchev–Trinajstić information content (AvgIpc) is 3.27. The number of nitrogens with zero attached hydrogens (tertiary/aromatic N) is 3. The Morgan fingerprint density at radius 2 is 1.97 bits per heavy atom. The van der Waals surface area contributed by atoms with E-state index in [0.29, 0.717) is 38.6 Å². The minimum absolute atomic E-state index is 0.0461. The Labute approximate surface area is 209 Å². The van der Waals surface area contributed by atoms with E-state index in [1.807, 2.05) is 6.07 Å². The van der Waals surface area contributed by atoms with Gasteiger partial charge in [0, 0.05) is 17.8 Å². The lowest BCUT2D eigenvalue weighted by molar-refractivity contribution is -0.112. The molecule has 0 aliphatic carbocycles. The number of hydrogen-bond donors (Lipinski definition) is 1. The van der Waals surface area contributed by atoms with Gasteiger partial charge in [0.25, 0.3) is 11.1 Å². The summed E-state index contributed by atoms with van der Waals surface area (Å²) in [5.41, 5.74) is 1.07. The van der Waals surface area contributed by atoms with Crippen molar-refractivity contribution in [1.29, 1.82) is 5.26 Å². The molecular formula is C21H16Cl2N4O5S2. The van der Waals surface area contributed by atoms with Crippen molar-refractivity contribution in [3.63, 3.8) is 0 Å². The van der Waals surface area contributed by atoms with Gasteiger partial charge in [-0.05, 0) is 41.5 Å². The van der Waals surface area contributed by atoms with E-state index in [1.165, 1.54) is 13.2 Å². The number of ether oxygens (including phenoxy) is 2. The molecule has 34 heavy (non-hydrogen) atoms. The average molecular weight is 539 g/mol. The lowest BCUT2D eigenvalue weighted by Gasteiger charge is -2.12. The summed E-state index contributed by atoms with van der Waals surface area (Å²) in [6.45, 7) is 0.214. The SMILES string of the molecule is COc1cc(/C=C(/C#N)C(=O)Nc2nc(S(C)(=O)=O)ns2)ccc1OCc1ccc(Cl)c(Cl)c1. The van der Waals surface area contributed by atoms with Crippen molar-refractivity contribution in [3.05, 3.63) is 63.1 Å². The maximum Gasteiger partial charge on any atom is 0.268 e. The van der Waals surface area contributed by atoms with Gasteiger partial charge in [0.1, 0.15) is 18.2 Å². The number of carbonyl (C=O) groups excluding carboxylic acids is 1. The van der Waals surface area contributed by atoms with Crippen molar-refractivity contribution in [3.8, 4) is 17.6 Å². The number of sulfone groups is 1. The molecule has 1 N–H and O–H groups in total. The molecule has 1 heterocycles. The van der Waals surface area contributed by atoms with Gasteiger partial charge < -0.3 is 9.47 Å². The molecule has 9 nitrogen and oxygen atoms in total. The highest BCUT2D eigenvalue weighted by Gasteiger charge is 2.18. The Morgan fingerprint density at radius 3 is 2.59 bits per heavy atom. The van der Waals surface area contributed by atoms with Gasteiger partial charge in [-0.3, -0.25) is 10.1 Å². The standard InChI is InChI=1S/C21H16Cl2N4O5S2/c1-31-18-9-12(4-6-17(18)32-11-13-3-5-15(22)16(23)8-13)7-14(10-24)19(28)25-20-26-21(27-33-20)34(2,29)30/h3-9H,11H2,1-2H3,(H,25,26,27,28)/b14-7-. The first-order valence-corrected chi connectivity index (χ1v) is 12.7. The Morgan fingerprint density at radius 1 is 1.21 bits per heavy atom. The van der Waals surface area contributed by atoms with Crippen LogP contribution in [0.5, 0.6) is 11.5 Å². The number of halogens is 2. The zero-order valence-corrected chi connectivity index (χ0v) is 20.8. The number of nitriles is 1.